The molecule has 0 spiro atoms. The first-order valence-corrected chi connectivity index (χ1v) is 6.53. The topological polar surface area (TPSA) is 40.5 Å². The Morgan fingerprint density at radius 3 is 2.31 bits per heavy atom. The largest absolute Gasteiger partial charge is 0.390 e. The maximum absolute atomic E-state index is 10.7. The standard InChI is InChI=1S/C14H22O2/c1-13(15)9-4-3-5-10-7-11(13)8-12(6-9)14(10,2)16/h3-4,9-12,15-16H,5-8H2,1-2H3/b4-3-/t9?,10?,11-,12-,13-,14-/m1/s1. The number of fused-ring (bicyclic) bond motifs is 1. The molecular weight excluding hydrogens is 200 g/mol. The zero-order chi connectivity index (χ0) is 11.6. The highest BCUT2D eigenvalue weighted by Gasteiger charge is 2.56. The van der Waals surface area contributed by atoms with E-state index in [-0.39, 0.29) is 5.92 Å². The molecule has 16 heavy (non-hydrogen) atoms. The lowest BCUT2D eigenvalue weighted by molar-refractivity contribution is -0.180. The zero-order valence-corrected chi connectivity index (χ0v) is 10.2. The van der Waals surface area contributed by atoms with Gasteiger partial charge >= 0.3 is 0 Å². The Hall–Kier alpha value is -0.340. The summed E-state index contributed by atoms with van der Waals surface area (Å²) in [5.74, 6) is 1.34. The summed E-state index contributed by atoms with van der Waals surface area (Å²) in [5, 5.41) is 21.3. The minimum Gasteiger partial charge on any atom is -0.390 e. The summed E-state index contributed by atoms with van der Waals surface area (Å²) in [5.41, 5.74) is -1.07. The van der Waals surface area contributed by atoms with E-state index in [0.29, 0.717) is 17.8 Å². The van der Waals surface area contributed by atoms with E-state index in [0.717, 1.165) is 25.7 Å². The maximum Gasteiger partial charge on any atom is 0.0710 e. The van der Waals surface area contributed by atoms with Crippen molar-refractivity contribution in [1.82, 2.24) is 0 Å². The summed E-state index contributed by atoms with van der Waals surface area (Å²) in [6.45, 7) is 4.00. The lowest BCUT2D eigenvalue weighted by Crippen LogP contribution is -2.59. The van der Waals surface area contributed by atoms with Crippen molar-refractivity contribution < 1.29 is 10.2 Å². The van der Waals surface area contributed by atoms with Crippen LogP contribution in [-0.4, -0.2) is 21.4 Å². The van der Waals surface area contributed by atoms with Gasteiger partial charge in [0.2, 0.25) is 0 Å². The van der Waals surface area contributed by atoms with Crippen LogP contribution in [0.5, 0.6) is 0 Å². The number of hydrogen-bond acceptors (Lipinski definition) is 2. The molecule has 0 saturated heterocycles. The molecule has 4 bridgehead atoms. The maximum atomic E-state index is 10.7. The summed E-state index contributed by atoms with van der Waals surface area (Å²) in [6, 6.07) is 0. The summed E-state index contributed by atoms with van der Waals surface area (Å²) in [7, 11) is 0. The zero-order valence-electron chi connectivity index (χ0n) is 10.2. The van der Waals surface area contributed by atoms with Gasteiger partial charge in [-0.15, -0.1) is 0 Å². The number of rotatable bonds is 0. The van der Waals surface area contributed by atoms with Crippen molar-refractivity contribution in [2.45, 2.75) is 50.7 Å². The molecule has 0 heterocycles. The second-order valence-corrected chi connectivity index (χ2v) is 6.52. The Kier molecular flexibility index (Phi) is 2.10. The minimum absolute atomic E-state index is 0.240. The molecule has 0 radical (unpaired) electrons. The predicted octanol–water partition coefficient (Wildman–Crippen LogP) is 2.11. The molecular formula is C14H22O2. The Bertz CT molecular complexity index is 330. The van der Waals surface area contributed by atoms with Crippen molar-refractivity contribution in [3.63, 3.8) is 0 Å². The highest BCUT2D eigenvalue weighted by molar-refractivity contribution is 5.14. The molecule has 4 rings (SSSR count). The molecule has 6 atom stereocenters. The summed E-state index contributed by atoms with van der Waals surface area (Å²) >= 11 is 0. The number of allylic oxidation sites excluding steroid dienone is 1. The van der Waals surface area contributed by atoms with Gasteiger partial charge in [0, 0.05) is 5.92 Å². The van der Waals surface area contributed by atoms with Crippen LogP contribution >= 0.6 is 0 Å². The lowest BCUT2D eigenvalue weighted by Gasteiger charge is -2.57. The number of aliphatic hydroxyl groups is 2. The van der Waals surface area contributed by atoms with Gasteiger partial charge in [-0.2, -0.15) is 0 Å². The fourth-order valence-corrected chi connectivity index (χ4v) is 4.27. The normalized spacial score (nSPS) is 61.8. The van der Waals surface area contributed by atoms with Crippen LogP contribution in [0.15, 0.2) is 12.2 Å². The smallest absolute Gasteiger partial charge is 0.0710 e. The van der Waals surface area contributed by atoms with E-state index in [1.165, 1.54) is 0 Å². The van der Waals surface area contributed by atoms with Crippen molar-refractivity contribution in [2.75, 3.05) is 0 Å². The molecule has 0 aromatic heterocycles. The van der Waals surface area contributed by atoms with Crippen LogP contribution < -0.4 is 0 Å². The van der Waals surface area contributed by atoms with Crippen molar-refractivity contribution in [1.29, 1.82) is 0 Å². The van der Waals surface area contributed by atoms with Gasteiger partial charge in [0.1, 0.15) is 0 Å². The quantitative estimate of drug-likeness (QED) is 0.616. The third kappa shape index (κ3) is 1.26. The van der Waals surface area contributed by atoms with E-state index in [2.05, 4.69) is 12.2 Å². The van der Waals surface area contributed by atoms with Gasteiger partial charge in [-0.05, 0) is 57.3 Å². The van der Waals surface area contributed by atoms with Crippen molar-refractivity contribution >= 4 is 0 Å². The molecule has 2 heteroatoms. The molecule has 0 aliphatic heterocycles. The first kappa shape index (κ1) is 10.8. The SMILES string of the molecule is C[C@@]1(O)C2/C=C\CC3C[C@@H]1C[C@@H](C2)[C@]3(C)O. The summed E-state index contributed by atoms with van der Waals surface area (Å²) in [6.07, 6.45) is 8.28. The molecule has 2 fully saturated rings. The molecule has 2 nitrogen and oxygen atoms in total. The van der Waals surface area contributed by atoms with Gasteiger partial charge in [0.25, 0.3) is 0 Å². The van der Waals surface area contributed by atoms with Gasteiger partial charge in [0.05, 0.1) is 11.2 Å². The van der Waals surface area contributed by atoms with Crippen molar-refractivity contribution in [2.24, 2.45) is 23.7 Å². The average Bonchev–Trinajstić information content (AvgIpc) is 2.19. The Balaban J connectivity index is 2.05. The molecule has 4 aliphatic rings. The molecule has 2 N–H and O–H groups in total. The lowest BCUT2D eigenvalue weighted by atomic mass is 9.51. The van der Waals surface area contributed by atoms with Gasteiger partial charge in [-0.1, -0.05) is 12.2 Å². The van der Waals surface area contributed by atoms with E-state index in [1.807, 2.05) is 13.8 Å². The number of hydrogen-bond donors (Lipinski definition) is 2. The minimum atomic E-state index is -0.553. The molecule has 2 unspecified atom stereocenters. The van der Waals surface area contributed by atoms with E-state index in [1.54, 1.807) is 0 Å². The van der Waals surface area contributed by atoms with Gasteiger partial charge < -0.3 is 10.2 Å². The molecule has 4 aliphatic carbocycles. The Morgan fingerprint density at radius 1 is 0.938 bits per heavy atom. The van der Waals surface area contributed by atoms with Gasteiger partial charge in [-0.3, -0.25) is 0 Å². The van der Waals surface area contributed by atoms with E-state index in [9.17, 15) is 10.2 Å². The second-order valence-electron chi connectivity index (χ2n) is 6.52. The molecule has 0 amide bonds. The summed E-state index contributed by atoms with van der Waals surface area (Å²) < 4.78 is 0. The van der Waals surface area contributed by atoms with Crippen molar-refractivity contribution in [3.8, 4) is 0 Å². The summed E-state index contributed by atoms with van der Waals surface area (Å²) in [4.78, 5) is 0. The second kappa shape index (κ2) is 3.11. The van der Waals surface area contributed by atoms with Crippen molar-refractivity contribution in [3.05, 3.63) is 12.2 Å². The van der Waals surface area contributed by atoms with Crippen LogP contribution in [0.25, 0.3) is 0 Å². The van der Waals surface area contributed by atoms with Crippen LogP contribution in [-0.2, 0) is 0 Å². The Morgan fingerprint density at radius 2 is 1.56 bits per heavy atom. The molecule has 90 valence electrons. The van der Waals surface area contributed by atoms with Crippen LogP contribution in [0.4, 0.5) is 0 Å². The highest BCUT2D eigenvalue weighted by atomic mass is 16.3. The predicted molar refractivity (Wildman–Crippen MR) is 62.8 cm³/mol. The van der Waals surface area contributed by atoms with Crippen LogP contribution in [0, 0.1) is 23.7 Å². The molecule has 0 aromatic rings. The van der Waals surface area contributed by atoms with Crippen LogP contribution in [0.2, 0.25) is 0 Å². The van der Waals surface area contributed by atoms with E-state index in [4.69, 9.17) is 0 Å². The third-order valence-corrected chi connectivity index (χ3v) is 5.70. The first-order chi connectivity index (χ1) is 7.42. The highest BCUT2D eigenvalue weighted by Crippen LogP contribution is 2.56. The Labute approximate surface area is 97.4 Å². The van der Waals surface area contributed by atoms with E-state index >= 15 is 0 Å². The third-order valence-electron chi connectivity index (χ3n) is 5.70. The average molecular weight is 222 g/mol. The molecule has 2 saturated carbocycles. The van der Waals surface area contributed by atoms with Crippen LogP contribution in [0.1, 0.15) is 39.5 Å². The fraction of sp³-hybridized carbons (Fsp3) is 0.857. The van der Waals surface area contributed by atoms with Gasteiger partial charge in [-0.25, -0.2) is 0 Å². The van der Waals surface area contributed by atoms with Gasteiger partial charge in [0.15, 0.2) is 0 Å². The fourth-order valence-electron chi connectivity index (χ4n) is 4.27. The van der Waals surface area contributed by atoms with Crippen LogP contribution in [0.3, 0.4) is 0 Å². The molecule has 0 aromatic carbocycles. The van der Waals surface area contributed by atoms with E-state index < -0.39 is 11.2 Å². The monoisotopic (exact) mass is 222 g/mol. The first-order valence-electron chi connectivity index (χ1n) is 6.53.